The average molecular weight is 444 g/mol. The first-order valence-electron chi connectivity index (χ1n) is 7.61. The van der Waals surface area contributed by atoms with Crippen molar-refractivity contribution in [2.24, 2.45) is 12.0 Å². The zero-order chi connectivity index (χ0) is 16.7. The van der Waals surface area contributed by atoms with Gasteiger partial charge >= 0.3 is 0 Å². The maximum absolute atomic E-state index is 9.81. The highest BCUT2D eigenvalue weighted by Crippen LogP contribution is 2.25. The number of hydrogen-bond acceptors (Lipinski definition) is 3. The number of guanidine groups is 1. The van der Waals surface area contributed by atoms with E-state index in [1.165, 1.54) is 7.11 Å². The average Bonchev–Trinajstić information content (AvgIpc) is 2.95. The Balaban J connectivity index is 0.00000288. The number of halogens is 1. The minimum atomic E-state index is 0. The number of ether oxygens (including phenoxy) is 1. The van der Waals surface area contributed by atoms with Crippen LogP contribution >= 0.6 is 24.0 Å². The molecule has 3 N–H and O–H groups in total. The summed E-state index contributed by atoms with van der Waals surface area (Å²) in [5.41, 5.74) is 2.11. The molecular weight excluding hydrogens is 419 g/mol. The Bertz CT molecular complexity index is 670. The largest absolute Gasteiger partial charge is 0.504 e. The van der Waals surface area contributed by atoms with Crippen molar-refractivity contribution in [2.45, 2.75) is 20.0 Å². The summed E-state index contributed by atoms with van der Waals surface area (Å²) in [5, 5.41) is 16.3. The lowest BCUT2D eigenvalue weighted by Crippen LogP contribution is -2.36. The lowest BCUT2D eigenvalue weighted by molar-refractivity contribution is 0.373. The number of aryl methyl sites for hydroxylation is 1. The van der Waals surface area contributed by atoms with Crippen LogP contribution in [0.1, 0.15) is 18.1 Å². The van der Waals surface area contributed by atoms with E-state index in [1.54, 1.807) is 12.1 Å². The number of phenols is 1. The molecule has 0 saturated heterocycles. The lowest BCUT2D eigenvalue weighted by atomic mass is 10.2. The van der Waals surface area contributed by atoms with Crippen LogP contribution in [0.4, 0.5) is 0 Å². The van der Waals surface area contributed by atoms with E-state index in [0.717, 1.165) is 23.6 Å². The van der Waals surface area contributed by atoms with Crippen LogP contribution in [-0.4, -0.2) is 29.3 Å². The molecule has 6 nitrogen and oxygen atoms in total. The molecule has 0 unspecified atom stereocenters. The molecule has 0 spiro atoms. The molecule has 0 radical (unpaired) electrons. The van der Waals surface area contributed by atoms with Crippen LogP contribution in [0.5, 0.6) is 11.5 Å². The summed E-state index contributed by atoms with van der Waals surface area (Å²) in [5.74, 6) is 1.35. The van der Waals surface area contributed by atoms with Crippen LogP contribution in [0.2, 0.25) is 0 Å². The molecule has 0 amide bonds. The van der Waals surface area contributed by atoms with Gasteiger partial charge in [0.1, 0.15) is 0 Å². The number of rotatable bonds is 6. The van der Waals surface area contributed by atoms with E-state index in [0.29, 0.717) is 18.8 Å². The monoisotopic (exact) mass is 444 g/mol. The highest BCUT2D eigenvalue weighted by atomic mass is 127. The minimum Gasteiger partial charge on any atom is -0.504 e. The van der Waals surface area contributed by atoms with Gasteiger partial charge in [0.2, 0.25) is 0 Å². The van der Waals surface area contributed by atoms with Crippen molar-refractivity contribution in [3.63, 3.8) is 0 Å². The number of aromatic hydroxyl groups is 1. The highest BCUT2D eigenvalue weighted by Gasteiger charge is 2.04. The number of nitrogens with one attached hydrogen (secondary N) is 2. The zero-order valence-corrected chi connectivity index (χ0v) is 16.6. The van der Waals surface area contributed by atoms with Crippen molar-refractivity contribution < 1.29 is 9.84 Å². The molecule has 0 atom stereocenters. The molecular formula is C17H25IN4O2. The molecule has 1 heterocycles. The molecule has 2 rings (SSSR count). The third kappa shape index (κ3) is 5.95. The van der Waals surface area contributed by atoms with Crippen LogP contribution < -0.4 is 15.4 Å². The molecule has 0 aliphatic carbocycles. The van der Waals surface area contributed by atoms with Crippen LogP contribution in [0.15, 0.2) is 41.7 Å². The smallest absolute Gasteiger partial charge is 0.191 e. The SMILES string of the molecule is CCNC(=NCc1ccn(C)c1)NCc1ccc(OC)c(O)c1.I. The third-order valence-corrected chi connectivity index (χ3v) is 3.36. The highest BCUT2D eigenvalue weighted by molar-refractivity contribution is 14.0. The molecule has 2 aromatic rings. The van der Waals surface area contributed by atoms with Gasteiger partial charge in [-0.05, 0) is 36.2 Å². The standard InChI is InChI=1S/C17H24N4O2.HI/c1-4-18-17(20-11-14-7-8-21(2)12-14)19-10-13-5-6-16(23-3)15(22)9-13;/h5-9,12,22H,4,10-11H2,1-3H3,(H2,18,19,20);1H. The van der Waals surface area contributed by atoms with Gasteiger partial charge in [0, 0.05) is 32.5 Å². The zero-order valence-electron chi connectivity index (χ0n) is 14.2. The summed E-state index contributed by atoms with van der Waals surface area (Å²) in [6.45, 7) is 4.00. The van der Waals surface area contributed by atoms with E-state index in [4.69, 9.17) is 4.74 Å². The molecule has 0 saturated carbocycles. The lowest BCUT2D eigenvalue weighted by Gasteiger charge is -2.12. The van der Waals surface area contributed by atoms with Gasteiger partial charge in [-0.25, -0.2) is 4.99 Å². The van der Waals surface area contributed by atoms with Gasteiger partial charge < -0.3 is 25.0 Å². The first kappa shape index (κ1) is 20.1. The first-order valence-corrected chi connectivity index (χ1v) is 7.61. The Labute approximate surface area is 160 Å². The predicted octanol–water partition coefficient (Wildman–Crippen LogP) is 2.61. The Morgan fingerprint density at radius 3 is 2.62 bits per heavy atom. The van der Waals surface area contributed by atoms with E-state index in [9.17, 15) is 5.11 Å². The van der Waals surface area contributed by atoms with Crippen molar-refractivity contribution in [3.05, 3.63) is 47.8 Å². The number of methoxy groups -OCH3 is 1. The summed E-state index contributed by atoms with van der Waals surface area (Å²) < 4.78 is 7.05. The van der Waals surface area contributed by atoms with E-state index in [1.807, 2.05) is 30.8 Å². The Kier molecular flexibility index (Phi) is 8.45. The molecule has 24 heavy (non-hydrogen) atoms. The molecule has 0 fully saturated rings. The number of benzene rings is 1. The molecule has 7 heteroatoms. The van der Waals surface area contributed by atoms with Gasteiger partial charge in [-0.1, -0.05) is 6.07 Å². The predicted molar refractivity (Wildman–Crippen MR) is 107 cm³/mol. The maximum Gasteiger partial charge on any atom is 0.191 e. The number of nitrogens with zero attached hydrogens (tertiary/aromatic N) is 2. The minimum absolute atomic E-state index is 0. The topological polar surface area (TPSA) is 70.8 Å². The van der Waals surface area contributed by atoms with Gasteiger partial charge in [-0.2, -0.15) is 0 Å². The molecule has 0 aliphatic rings. The first-order chi connectivity index (χ1) is 11.1. The molecule has 0 bridgehead atoms. The van der Waals surface area contributed by atoms with Crippen LogP contribution in [0, 0.1) is 0 Å². The third-order valence-electron chi connectivity index (χ3n) is 3.36. The Hall–Kier alpha value is -1.90. The van der Waals surface area contributed by atoms with Crippen LogP contribution in [0.25, 0.3) is 0 Å². The van der Waals surface area contributed by atoms with Gasteiger partial charge in [0.25, 0.3) is 0 Å². The fourth-order valence-electron chi connectivity index (χ4n) is 2.20. The van der Waals surface area contributed by atoms with Crippen molar-refractivity contribution in [3.8, 4) is 11.5 Å². The summed E-state index contributed by atoms with van der Waals surface area (Å²) in [4.78, 5) is 4.56. The van der Waals surface area contributed by atoms with Crippen molar-refractivity contribution >= 4 is 29.9 Å². The van der Waals surface area contributed by atoms with Crippen molar-refractivity contribution in [1.82, 2.24) is 15.2 Å². The van der Waals surface area contributed by atoms with Gasteiger partial charge in [-0.15, -0.1) is 24.0 Å². The van der Waals surface area contributed by atoms with E-state index in [-0.39, 0.29) is 29.7 Å². The second-order valence-corrected chi connectivity index (χ2v) is 5.24. The van der Waals surface area contributed by atoms with Crippen molar-refractivity contribution in [1.29, 1.82) is 0 Å². The molecule has 0 aliphatic heterocycles. The summed E-state index contributed by atoms with van der Waals surface area (Å²) >= 11 is 0. The molecule has 132 valence electrons. The fraction of sp³-hybridized carbons (Fsp3) is 0.353. The van der Waals surface area contributed by atoms with E-state index >= 15 is 0 Å². The Morgan fingerprint density at radius 1 is 1.25 bits per heavy atom. The van der Waals surface area contributed by atoms with Gasteiger partial charge in [0.05, 0.1) is 13.7 Å². The molecule has 1 aromatic heterocycles. The quantitative estimate of drug-likeness (QED) is 0.364. The van der Waals surface area contributed by atoms with E-state index < -0.39 is 0 Å². The number of hydrogen-bond donors (Lipinski definition) is 3. The van der Waals surface area contributed by atoms with Gasteiger partial charge in [0.15, 0.2) is 17.5 Å². The number of aromatic nitrogens is 1. The normalized spacial score (nSPS) is 10.9. The second-order valence-electron chi connectivity index (χ2n) is 5.24. The number of aliphatic imine (C=N–C) groups is 1. The maximum atomic E-state index is 9.81. The molecule has 1 aromatic carbocycles. The summed E-state index contributed by atoms with van der Waals surface area (Å²) in [7, 11) is 3.53. The summed E-state index contributed by atoms with van der Waals surface area (Å²) in [6, 6.07) is 7.40. The van der Waals surface area contributed by atoms with E-state index in [2.05, 4.69) is 27.9 Å². The number of phenolic OH excluding ortho intramolecular Hbond substituents is 1. The van der Waals surface area contributed by atoms with Gasteiger partial charge in [-0.3, -0.25) is 0 Å². The summed E-state index contributed by atoms with van der Waals surface area (Å²) in [6.07, 6.45) is 4.06. The Morgan fingerprint density at radius 2 is 2.04 bits per heavy atom. The van der Waals surface area contributed by atoms with Crippen molar-refractivity contribution in [2.75, 3.05) is 13.7 Å². The van der Waals surface area contributed by atoms with Crippen LogP contribution in [-0.2, 0) is 20.1 Å². The second kappa shape index (κ2) is 10.1. The van der Waals surface area contributed by atoms with Crippen LogP contribution in [0.3, 0.4) is 0 Å². The fourth-order valence-corrected chi connectivity index (χ4v) is 2.20.